The Morgan fingerprint density at radius 2 is 1.44 bits per heavy atom. The van der Waals surface area contributed by atoms with E-state index in [4.69, 9.17) is 5.11 Å². The molecule has 0 aliphatic carbocycles. The number of esters is 2. The van der Waals surface area contributed by atoms with Gasteiger partial charge in [0.05, 0.1) is 0 Å². The summed E-state index contributed by atoms with van der Waals surface area (Å²) in [7, 11) is 2.67. The number of ether oxygens (including phenoxy) is 3. The maximum Gasteiger partial charge on any atom is 0.339 e. The summed E-state index contributed by atoms with van der Waals surface area (Å²) in [5.41, 5.74) is 0. The zero-order valence-electron chi connectivity index (χ0n) is 9.10. The number of carboxylic acid groups (broad SMARTS) is 1. The molecule has 7 nitrogen and oxygen atoms in total. The average Bonchev–Trinajstić information content (AvgIpc) is 2.19. The number of methoxy groups -OCH3 is 2. The molecule has 0 saturated carbocycles. The SMILES string of the molecule is C=CC(=O)O.COCC(=O)OC(=O)COC. The van der Waals surface area contributed by atoms with Crippen molar-refractivity contribution in [3.05, 3.63) is 12.7 Å². The Balaban J connectivity index is 0. The van der Waals surface area contributed by atoms with Gasteiger partial charge in [-0.25, -0.2) is 14.4 Å². The molecule has 0 aliphatic heterocycles. The predicted molar refractivity (Wildman–Crippen MR) is 52.7 cm³/mol. The lowest BCUT2D eigenvalue weighted by Gasteiger charge is -1.99. The molecule has 16 heavy (non-hydrogen) atoms. The lowest BCUT2D eigenvalue weighted by atomic mass is 10.7. The van der Waals surface area contributed by atoms with Gasteiger partial charge in [0.15, 0.2) is 0 Å². The van der Waals surface area contributed by atoms with Gasteiger partial charge in [-0.1, -0.05) is 6.58 Å². The maximum atomic E-state index is 10.5. The Morgan fingerprint density at radius 1 is 1.12 bits per heavy atom. The van der Waals surface area contributed by atoms with Gasteiger partial charge in [-0.2, -0.15) is 0 Å². The van der Waals surface area contributed by atoms with Crippen LogP contribution in [0.1, 0.15) is 0 Å². The molecule has 0 spiro atoms. The predicted octanol–water partition coefficient (Wildman–Crippen LogP) is -0.394. The number of hydrogen-bond acceptors (Lipinski definition) is 6. The molecule has 0 aromatic carbocycles. The molecule has 0 aromatic rings. The Bertz CT molecular complexity index is 230. The van der Waals surface area contributed by atoms with Crippen molar-refractivity contribution >= 4 is 17.9 Å². The van der Waals surface area contributed by atoms with Crippen molar-refractivity contribution in [2.24, 2.45) is 0 Å². The van der Waals surface area contributed by atoms with Gasteiger partial charge in [-0.15, -0.1) is 0 Å². The molecule has 0 radical (unpaired) electrons. The molecular weight excluding hydrogens is 220 g/mol. The van der Waals surface area contributed by atoms with Crippen LogP contribution in [0.15, 0.2) is 12.7 Å². The molecule has 0 aliphatic rings. The van der Waals surface area contributed by atoms with Gasteiger partial charge in [0.25, 0.3) is 0 Å². The third-order valence-electron chi connectivity index (χ3n) is 0.927. The van der Waals surface area contributed by atoms with Crippen molar-refractivity contribution in [1.82, 2.24) is 0 Å². The van der Waals surface area contributed by atoms with Crippen LogP contribution in [0.2, 0.25) is 0 Å². The van der Waals surface area contributed by atoms with Gasteiger partial charge < -0.3 is 19.3 Å². The van der Waals surface area contributed by atoms with Crippen molar-refractivity contribution in [2.45, 2.75) is 0 Å². The zero-order valence-corrected chi connectivity index (χ0v) is 9.10. The molecule has 7 heteroatoms. The molecule has 0 fully saturated rings. The number of rotatable bonds is 5. The first-order valence-corrected chi connectivity index (χ1v) is 4.04. The summed E-state index contributed by atoms with van der Waals surface area (Å²) in [5.74, 6) is -2.41. The second-order valence-corrected chi connectivity index (χ2v) is 2.25. The molecule has 1 N–H and O–H groups in total. The van der Waals surface area contributed by atoms with E-state index in [1.807, 2.05) is 0 Å². The summed E-state index contributed by atoms with van der Waals surface area (Å²) in [4.78, 5) is 30.3. The third kappa shape index (κ3) is 14.8. The minimum absolute atomic E-state index is 0.227. The summed E-state index contributed by atoms with van der Waals surface area (Å²) >= 11 is 0. The maximum absolute atomic E-state index is 10.5. The van der Waals surface area contributed by atoms with Crippen LogP contribution < -0.4 is 0 Å². The zero-order chi connectivity index (χ0) is 13.0. The fraction of sp³-hybridized carbons (Fsp3) is 0.444. The highest BCUT2D eigenvalue weighted by Gasteiger charge is 2.08. The largest absolute Gasteiger partial charge is 0.478 e. The molecule has 92 valence electrons. The highest BCUT2D eigenvalue weighted by molar-refractivity contribution is 5.86. The minimum Gasteiger partial charge on any atom is -0.478 e. The summed E-state index contributed by atoms with van der Waals surface area (Å²) in [6.45, 7) is 2.51. The first-order valence-electron chi connectivity index (χ1n) is 4.04. The highest BCUT2D eigenvalue weighted by atomic mass is 16.6. The summed E-state index contributed by atoms with van der Waals surface area (Å²) < 4.78 is 13.0. The van der Waals surface area contributed by atoms with Crippen molar-refractivity contribution in [2.75, 3.05) is 27.4 Å². The van der Waals surface area contributed by atoms with Gasteiger partial charge in [-0.05, 0) is 0 Å². The van der Waals surface area contributed by atoms with Crippen molar-refractivity contribution < 1.29 is 33.7 Å². The number of aliphatic carboxylic acids is 1. The average molecular weight is 234 g/mol. The van der Waals surface area contributed by atoms with Crippen molar-refractivity contribution in [1.29, 1.82) is 0 Å². The highest BCUT2D eigenvalue weighted by Crippen LogP contribution is 1.82. The van der Waals surface area contributed by atoms with E-state index in [9.17, 15) is 14.4 Å². The fourth-order valence-electron chi connectivity index (χ4n) is 0.422. The molecule has 0 rings (SSSR count). The van der Waals surface area contributed by atoms with Gasteiger partial charge >= 0.3 is 17.9 Å². The Morgan fingerprint density at radius 3 is 1.62 bits per heavy atom. The molecule has 0 amide bonds. The Hall–Kier alpha value is -1.73. The quantitative estimate of drug-likeness (QED) is 0.392. The van der Waals surface area contributed by atoms with E-state index in [2.05, 4.69) is 20.8 Å². The number of carbonyl (C=O) groups is 3. The van der Waals surface area contributed by atoms with E-state index in [0.717, 1.165) is 6.08 Å². The number of carboxylic acids is 1. The van der Waals surface area contributed by atoms with E-state index >= 15 is 0 Å². The molecular formula is C9H14O7. The molecule has 0 unspecified atom stereocenters. The van der Waals surface area contributed by atoms with Gasteiger partial charge in [0, 0.05) is 20.3 Å². The summed E-state index contributed by atoms with van der Waals surface area (Å²) in [6.07, 6.45) is 0.833. The van der Waals surface area contributed by atoms with Crippen LogP contribution >= 0.6 is 0 Å². The molecule has 0 heterocycles. The van der Waals surface area contributed by atoms with Crippen LogP contribution in [0.4, 0.5) is 0 Å². The standard InChI is InChI=1S/C6H10O5.C3H4O2/c1-9-3-5(7)11-6(8)4-10-2;1-2-3(4)5/h3-4H2,1-2H3;2H,1H2,(H,4,5). The van der Waals surface area contributed by atoms with E-state index in [-0.39, 0.29) is 13.2 Å². The van der Waals surface area contributed by atoms with E-state index in [1.165, 1.54) is 14.2 Å². The van der Waals surface area contributed by atoms with Crippen molar-refractivity contribution in [3.8, 4) is 0 Å². The third-order valence-corrected chi connectivity index (χ3v) is 0.927. The first kappa shape index (κ1) is 16.7. The second kappa shape index (κ2) is 11.3. The number of carbonyl (C=O) groups excluding carboxylic acids is 2. The first-order chi connectivity index (χ1) is 7.47. The van der Waals surface area contributed by atoms with Crippen LogP contribution in [0.3, 0.4) is 0 Å². The monoisotopic (exact) mass is 234 g/mol. The smallest absolute Gasteiger partial charge is 0.339 e. The van der Waals surface area contributed by atoms with Crippen LogP contribution in [0.25, 0.3) is 0 Å². The van der Waals surface area contributed by atoms with Crippen LogP contribution in [0, 0.1) is 0 Å². The minimum atomic E-state index is -0.981. The van der Waals surface area contributed by atoms with Crippen LogP contribution in [-0.4, -0.2) is 50.4 Å². The van der Waals surface area contributed by atoms with Gasteiger partial charge in [0.2, 0.25) is 0 Å². The Kier molecular flexibility index (Phi) is 11.8. The molecule has 0 atom stereocenters. The number of hydrogen-bond donors (Lipinski definition) is 1. The van der Waals surface area contributed by atoms with E-state index in [1.54, 1.807) is 0 Å². The van der Waals surface area contributed by atoms with Crippen molar-refractivity contribution in [3.63, 3.8) is 0 Å². The molecule has 0 saturated heterocycles. The summed E-state index contributed by atoms with van der Waals surface area (Å²) in [6, 6.07) is 0. The molecule has 0 aromatic heterocycles. The van der Waals surface area contributed by atoms with E-state index in [0.29, 0.717) is 0 Å². The van der Waals surface area contributed by atoms with Crippen LogP contribution in [-0.2, 0) is 28.6 Å². The lowest BCUT2D eigenvalue weighted by Crippen LogP contribution is -2.19. The lowest BCUT2D eigenvalue weighted by molar-refractivity contribution is -0.164. The summed E-state index contributed by atoms with van der Waals surface area (Å²) in [5, 5.41) is 7.60. The molecule has 0 bridgehead atoms. The van der Waals surface area contributed by atoms with Gasteiger partial charge in [0.1, 0.15) is 13.2 Å². The normalized spacial score (nSPS) is 8.38. The van der Waals surface area contributed by atoms with Crippen LogP contribution in [0.5, 0.6) is 0 Å². The Labute approximate surface area is 92.6 Å². The second-order valence-electron chi connectivity index (χ2n) is 2.25. The van der Waals surface area contributed by atoms with E-state index < -0.39 is 17.9 Å². The fourth-order valence-corrected chi connectivity index (χ4v) is 0.422. The van der Waals surface area contributed by atoms with Gasteiger partial charge in [-0.3, -0.25) is 0 Å². The topological polar surface area (TPSA) is 99.1 Å².